The van der Waals surface area contributed by atoms with Gasteiger partial charge in [0.05, 0.1) is 22.9 Å². The summed E-state index contributed by atoms with van der Waals surface area (Å²) in [7, 11) is 1.67. The van der Waals surface area contributed by atoms with Gasteiger partial charge in [-0.1, -0.05) is 17.7 Å². The Hall–Kier alpha value is -1.24. The van der Waals surface area contributed by atoms with E-state index in [0.29, 0.717) is 17.2 Å². The van der Waals surface area contributed by atoms with Crippen molar-refractivity contribution in [3.63, 3.8) is 0 Å². The fourth-order valence-electron chi connectivity index (χ4n) is 1.91. The summed E-state index contributed by atoms with van der Waals surface area (Å²) in [6.07, 6.45) is 0. The summed E-state index contributed by atoms with van der Waals surface area (Å²) in [5.74, 6) is 0. The molecule has 0 saturated heterocycles. The molecule has 0 bridgehead atoms. The van der Waals surface area contributed by atoms with E-state index in [-0.39, 0.29) is 6.04 Å². The molecule has 0 aliphatic heterocycles. The lowest BCUT2D eigenvalue weighted by Gasteiger charge is -2.30. The quantitative estimate of drug-likeness (QED) is 0.808. The molecule has 0 radical (unpaired) electrons. The second-order valence-electron chi connectivity index (χ2n) is 3.84. The van der Waals surface area contributed by atoms with E-state index in [9.17, 15) is 0 Å². The highest BCUT2D eigenvalue weighted by molar-refractivity contribution is 6.32. The number of benzene rings is 1. The summed E-state index contributed by atoms with van der Waals surface area (Å²) in [6.45, 7) is 5.54. The number of nitriles is 1. The van der Waals surface area contributed by atoms with E-state index in [1.54, 1.807) is 13.2 Å². The van der Waals surface area contributed by atoms with E-state index >= 15 is 0 Å². The Labute approximate surface area is 108 Å². The lowest BCUT2D eigenvalue weighted by molar-refractivity contribution is 0.182. The molecule has 0 fully saturated rings. The first-order valence-corrected chi connectivity index (χ1v) is 5.97. The van der Waals surface area contributed by atoms with Crippen molar-refractivity contribution >= 4 is 17.3 Å². The van der Waals surface area contributed by atoms with Gasteiger partial charge in [0, 0.05) is 19.7 Å². The van der Waals surface area contributed by atoms with Crippen LogP contribution in [0.3, 0.4) is 0 Å². The number of nitrogens with zero attached hydrogens (tertiary/aromatic N) is 2. The van der Waals surface area contributed by atoms with Crippen molar-refractivity contribution in [3.05, 3.63) is 28.8 Å². The predicted octanol–water partition coefficient (Wildman–Crippen LogP) is 3.07. The maximum Gasteiger partial charge on any atom is 0.103 e. The first kappa shape index (κ1) is 13.8. The van der Waals surface area contributed by atoms with Crippen LogP contribution in [0, 0.1) is 11.3 Å². The maximum absolute atomic E-state index is 9.16. The molecule has 4 heteroatoms. The van der Waals surface area contributed by atoms with Gasteiger partial charge in [-0.2, -0.15) is 5.26 Å². The number of anilines is 1. The van der Waals surface area contributed by atoms with E-state index in [2.05, 4.69) is 17.9 Å². The number of rotatable bonds is 5. The Morgan fingerprint density at radius 2 is 2.24 bits per heavy atom. The monoisotopic (exact) mass is 252 g/mol. The third-order valence-corrected chi connectivity index (χ3v) is 3.01. The number of methoxy groups -OCH3 is 1. The van der Waals surface area contributed by atoms with E-state index in [1.807, 2.05) is 19.1 Å². The van der Waals surface area contributed by atoms with Crippen molar-refractivity contribution in [2.24, 2.45) is 0 Å². The maximum atomic E-state index is 9.16. The van der Waals surface area contributed by atoms with Crippen LogP contribution in [-0.4, -0.2) is 26.3 Å². The molecule has 17 heavy (non-hydrogen) atoms. The average molecular weight is 253 g/mol. The number of halogens is 1. The second kappa shape index (κ2) is 6.48. The van der Waals surface area contributed by atoms with Crippen molar-refractivity contribution in [3.8, 4) is 6.07 Å². The number of hydrogen-bond donors (Lipinski definition) is 0. The minimum Gasteiger partial charge on any atom is -0.383 e. The summed E-state index contributed by atoms with van der Waals surface area (Å²) >= 11 is 6.03. The number of ether oxygens (including phenoxy) is 1. The first-order valence-electron chi connectivity index (χ1n) is 5.59. The SMILES string of the molecule is CCN(c1cccc(Cl)c1C#N)C(C)COC. The van der Waals surface area contributed by atoms with Gasteiger partial charge in [-0.15, -0.1) is 0 Å². The molecule has 92 valence electrons. The minimum absolute atomic E-state index is 0.204. The second-order valence-corrected chi connectivity index (χ2v) is 4.24. The molecule has 0 heterocycles. The topological polar surface area (TPSA) is 36.3 Å². The Kier molecular flexibility index (Phi) is 5.27. The molecule has 0 aliphatic rings. The Bertz CT molecular complexity index is 414. The van der Waals surface area contributed by atoms with Crippen LogP contribution in [-0.2, 0) is 4.74 Å². The standard InChI is InChI=1S/C13H17ClN2O/c1-4-16(10(2)9-17-3)13-7-5-6-12(14)11(13)8-15/h5-7,10H,4,9H2,1-3H3. The van der Waals surface area contributed by atoms with Gasteiger partial charge >= 0.3 is 0 Å². The largest absolute Gasteiger partial charge is 0.383 e. The molecular formula is C13H17ClN2O. The highest BCUT2D eigenvalue weighted by Gasteiger charge is 2.17. The van der Waals surface area contributed by atoms with E-state index in [4.69, 9.17) is 21.6 Å². The van der Waals surface area contributed by atoms with E-state index < -0.39 is 0 Å². The van der Waals surface area contributed by atoms with Crippen LogP contribution >= 0.6 is 11.6 Å². The van der Waals surface area contributed by atoms with Gasteiger partial charge in [0.15, 0.2) is 0 Å². The fraction of sp³-hybridized carbons (Fsp3) is 0.462. The first-order chi connectivity index (χ1) is 8.15. The smallest absolute Gasteiger partial charge is 0.103 e. The molecule has 1 unspecified atom stereocenters. The zero-order valence-corrected chi connectivity index (χ0v) is 11.2. The molecule has 0 spiro atoms. The molecule has 0 saturated carbocycles. The van der Waals surface area contributed by atoms with Crippen molar-refractivity contribution in [2.75, 3.05) is 25.2 Å². The Balaban J connectivity index is 3.12. The molecule has 0 N–H and O–H groups in total. The van der Waals surface area contributed by atoms with Crippen LogP contribution in [0.15, 0.2) is 18.2 Å². The van der Waals surface area contributed by atoms with Crippen LogP contribution in [0.25, 0.3) is 0 Å². The zero-order valence-electron chi connectivity index (χ0n) is 10.4. The third-order valence-electron chi connectivity index (χ3n) is 2.69. The highest BCUT2D eigenvalue weighted by Crippen LogP contribution is 2.27. The molecule has 3 nitrogen and oxygen atoms in total. The Morgan fingerprint density at radius 1 is 1.53 bits per heavy atom. The lowest BCUT2D eigenvalue weighted by Crippen LogP contribution is -2.36. The summed E-state index contributed by atoms with van der Waals surface area (Å²) in [6, 6.07) is 7.88. The van der Waals surface area contributed by atoms with Gasteiger partial charge < -0.3 is 9.64 Å². The van der Waals surface area contributed by atoms with Crippen molar-refractivity contribution in [2.45, 2.75) is 19.9 Å². The summed E-state index contributed by atoms with van der Waals surface area (Å²) in [5.41, 5.74) is 1.39. The van der Waals surface area contributed by atoms with Gasteiger partial charge in [-0.25, -0.2) is 0 Å². The molecule has 1 atom stereocenters. The molecule has 0 aromatic heterocycles. The molecule has 1 aromatic rings. The van der Waals surface area contributed by atoms with Crippen LogP contribution in [0.4, 0.5) is 5.69 Å². The predicted molar refractivity (Wildman–Crippen MR) is 70.5 cm³/mol. The van der Waals surface area contributed by atoms with Crippen LogP contribution in [0.1, 0.15) is 19.4 Å². The van der Waals surface area contributed by atoms with Crippen LogP contribution in [0.5, 0.6) is 0 Å². The van der Waals surface area contributed by atoms with Crippen molar-refractivity contribution in [1.82, 2.24) is 0 Å². The average Bonchev–Trinajstić information content (AvgIpc) is 2.30. The van der Waals surface area contributed by atoms with Gasteiger partial charge in [-0.3, -0.25) is 0 Å². The van der Waals surface area contributed by atoms with Crippen molar-refractivity contribution in [1.29, 1.82) is 5.26 Å². The van der Waals surface area contributed by atoms with Crippen LogP contribution < -0.4 is 4.90 Å². The minimum atomic E-state index is 0.204. The Morgan fingerprint density at radius 3 is 2.76 bits per heavy atom. The fourth-order valence-corrected chi connectivity index (χ4v) is 2.13. The summed E-state index contributed by atoms with van der Waals surface area (Å²) in [5, 5.41) is 9.66. The van der Waals surface area contributed by atoms with E-state index in [1.165, 1.54) is 0 Å². The summed E-state index contributed by atoms with van der Waals surface area (Å²) in [4.78, 5) is 2.12. The van der Waals surface area contributed by atoms with E-state index in [0.717, 1.165) is 12.2 Å². The lowest BCUT2D eigenvalue weighted by atomic mass is 10.1. The number of hydrogen-bond acceptors (Lipinski definition) is 3. The van der Waals surface area contributed by atoms with Crippen LogP contribution in [0.2, 0.25) is 5.02 Å². The molecule has 1 rings (SSSR count). The van der Waals surface area contributed by atoms with Gasteiger partial charge in [-0.05, 0) is 26.0 Å². The zero-order chi connectivity index (χ0) is 12.8. The third kappa shape index (κ3) is 3.12. The molecule has 0 aliphatic carbocycles. The molecule has 1 aromatic carbocycles. The molecule has 0 amide bonds. The van der Waals surface area contributed by atoms with Gasteiger partial charge in [0.1, 0.15) is 6.07 Å². The van der Waals surface area contributed by atoms with Gasteiger partial charge in [0.25, 0.3) is 0 Å². The molecular weight excluding hydrogens is 236 g/mol. The highest BCUT2D eigenvalue weighted by atomic mass is 35.5. The van der Waals surface area contributed by atoms with Gasteiger partial charge in [0.2, 0.25) is 0 Å². The normalized spacial score (nSPS) is 11.9. The number of likely N-dealkylation sites (N-methyl/N-ethyl adjacent to an activating group) is 1. The van der Waals surface area contributed by atoms with Crippen molar-refractivity contribution < 1.29 is 4.74 Å². The summed E-state index contributed by atoms with van der Waals surface area (Å²) < 4.78 is 5.15.